The third-order valence-electron chi connectivity index (χ3n) is 5.64. The molecule has 0 aliphatic carbocycles. The number of hydrogen-bond acceptors (Lipinski definition) is 2. The van der Waals surface area contributed by atoms with E-state index in [-0.39, 0.29) is 24.2 Å². The Hall–Kier alpha value is -3.47. The van der Waals surface area contributed by atoms with Gasteiger partial charge in [0.15, 0.2) is 0 Å². The van der Waals surface area contributed by atoms with Crippen LogP contribution in [0.25, 0.3) is 0 Å². The molecule has 30 heavy (non-hydrogen) atoms. The maximum absolute atomic E-state index is 13.7. The predicted octanol–water partition coefficient (Wildman–Crippen LogP) is 4.10. The van der Waals surface area contributed by atoms with Gasteiger partial charge in [0, 0.05) is 25.1 Å². The Kier molecular flexibility index (Phi) is 5.36. The number of hydrogen-bond donors (Lipinski definition) is 1. The molecule has 1 aliphatic rings. The molecule has 0 aromatic heterocycles. The second-order valence-corrected chi connectivity index (χ2v) is 7.80. The molecule has 1 N–H and O–H groups in total. The van der Waals surface area contributed by atoms with Gasteiger partial charge in [0.05, 0.1) is 0 Å². The van der Waals surface area contributed by atoms with Crippen molar-refractivity contribution >= 4 is 11.8 Å². The van der Waals surface area contributed by atoms with Crippen LogP contribution in [-0.4, -0.2) is 22.3 Å². The number of nitrogens with one attached hydrogen (secondary N) is 1. The van der Waals surface area contributed by atoms with Crippen molar-refractivity contribution in [1.82, 2.24) is 10.2 Å². The zero-order chi connectivity index (χ0) is 21.1. The van der Waals surface area contributed by atoms with E-state index in [1.165, 1.54) is 12.1 Å². The summed E-state index contributed by atoms with van der Waals surface area (Å²) in [5.41, 5.74) is 1.96. The van der Waals surface area contributed by atoms with E-state index < -0.39 is 5.54 Å². The van der Waals surface area contributed by atoms with Gasteiger partial charge in [-0.3, -0.25) is 9.59 Å². The molecular formula is C25H23FN2O2. The molecule has 1 aliphatic heterocycles. The summed E-state index contributed by atoms with van der Waals surface area (Å²) in [6.45, 7) is 2.31. The van der Waals surface area contributed by atoms with E-state index in [0.29, 0.717) is 24.1 Å². The highest BCUT2D eigenvalue weighted by molar-refractivity contribution is 6.02. The fraction of sp³-hybridized carbons (Fsp3) is 0.200. The maximum atomic E-state index is 13.7. The Labute approximate surface area is 175 Å². The monoisotopic (exact) mass is 402 g/mol. The van der Waals surface area contributed by atoms with Gasteiger partial charge in [-0.05, 0) is 41.8 Å². The van der Waals surface area contributed by atoms with Crippen molar-refractivity contribution in [2.45, 2.75) is 32.0 Å². The SMILES string of the molecule is C[C@]1(C(=O)NCc2ccccc2)Cc2ccccc2C(=O)N1Cc1cccc(F)c1. The molecule has 0 radical (unpaired) electrons. The maximum Gasteiger partial charge on any atom is 0.255 e. The second-order valence-electron chi connectivity index (χ2n) is 7.80. The lowest BCUT2D eigenvalue weighted by molar-refractivity contribution is -0.132. The van der Waals surface area contributed by atoms with E-state index in [4.69, 9.17) is 0 Å². The molecule has 1 heterocycles. The smallest absolute Gasteiger partial charge is 0.255 e. The summed E-state index contributed by atoms with van der Waals surface area (Å²) in [4.78, 5) is 28.2. The number of benzene rings is 3. The van der Waals surface area contributed by atoms with Crippen LogP contribution in [-0.2, 0) is 24.3 Å². The van der Waals surface area contributed by atoms with E-state index in [1.54, 1.807) is 30.0 Å². The fourth-order valence-corrected chi connectivity index (χ4v) is 3.95. The summed E-state index contributed by atoms with van der Waals surface area (Å²) in [6, 6.07) is 23.1. The quantitative estimate of drug-likeness (QED) is 0.699. The molecule has 0 saturated carbocycles. The van der Waals surface area contributed by atoms with Crippen LogP contribution < -0.4 is 5.32 Å². The van der Waals surface area contributed by atoms with Crippen molar-refractivity contribution < 1.29 is 14.0 Å². The first kappa shape index (κ1) is 19.8. The number of carbonyl (C=O) groups excluding carboxylic acids is 2. The summed E-state index contributed by atoms with van der Waals surface area (Å²) < 4.78 is 13.7. The number of fused-ring (bicyclic) bond motifs is 1. The number of nitrogens with zero attached hydrogens (tertiary/aromatic N) is 1. The zero-order valence-electron chi connectivity index (χ0n) is 16.8. The lowest BCUT2D eigenvalue weighted by Crippen LogP contribution is -2.62. The highest BCUT2D eigenvalue weighted by Crippen LogP contribution is 2.33. The molecule has 0 spiro atoms. The second kappa shape index (κ2) is 8.11. The van der Waals surface area contributed by atoms with Gasteiger partial charge in [0.1, 0.15) is 11.4 Å². The van der Waals surface area contributed by atoms with Crippen molar-refractivity contribution in [1.29, 1.82) is 0 Å². The first-order valence-corrected chi connectivity index (χ1v) is 9.94. The highest BCUT2D eigenvalue weighted by atomic mass is 19.1. The van der Waals surface area contributed by atoms with Crippen molar-refractivity contribution in [3.63, 3.8) is 0 Å². The van der Waals surface area contributed by atoms with Gasteiger partial charge >= 0.3 is 0 Å². The van der Waals surface area contributed by atoms with Crippen LogP contribution in [0.1, 0.15) is 34.0 Å². The molecule has 0 fully saturated rings. The molecule has 4 nitrogen and oxygen atoms in total. The molecule has 3 aromatic rings. The fourth-order valence-electron chi connectivity index (χ4n) is 3.95. The van der Waals surface area contributed by atoms with Gasteiger partial charge in [-0.25, -0.2) is 4.39 Å². The van der Waals surface area contributed by atoms with Crippen molar-refractivity contribution in [3.05, 3.63) is 107 Å². The summed E-state index contributed by atoms with van der Waals surface area (Å²) in [7, 11) is 0. The number of halogens is 1. The Bertz CT molecular complexity index is 1080. The Morgan fingerprint density at radius 1 is 1.00 bits per heavy atom. The first-order valence-electron chi connectivity index (χ1n) is 9.94. The first-order chi connectivity index (χ1) is 14.5. The number of rotatable bonds is 5. The average Bonchev–Trinajstić information content (AvgIpc) is 2.76. The van der Waals surface area contributed by atoms with Crippen LogP contribution in [0.4, 0.5) is 4.39 Å². The molecule has 0 unspecified atom stereocenters. The van der Waals surface area contributed by atoms with Gasteiger partial charge in [-0.2, -0.15) is 0 Å². The van der Waals surface area contributed by atoms with Gasteiger partial charge in [0.2, 0.25) is 5.91 Å². The van der Waals surface area contributed by atoms with Crippen molar-refractivity contribution in [2.75, 3.05) is 0 Å². The van der Waals surface area contributed by atoms with Crippen LogP contribution >= 0.6 is 0 Å². The summed E-state index contributed by atoms with van der Waals surface area (Å²) >= 11 is 0. The molecule has 0 bridgehead atoms. The highest BCUT2D eigenvalue weighted by Gasteiger charge is 2.46. The average molecular weight is 402 g/mol. The summed E-state index contributed by atoms with van der Waals surface area (Å²) in [6.07, 6.45) is 0.394. The molecule has 2 amide bonds. The van der Waals surface area contributed by atoms with Gasteiger partial charge in [-0.1, -0.05) is 60.7 Å². The summed E-state index contributed by atoms with van der Waals surface area (Å²) in [5.74, 6) is -0.823. The minimum Gasteiger partial charge on any atom is -0.350 e. The topological polar surface area (TPSA) is 49.4 Å². The zero-order valence-corrected chi connectivity index (χ0v) is 16.8. The van der Waals surface area contributed by atoms with E-state index in [2.05, 4.69) is 5.32 Å². The third kappa shape index (κ3) is 3.83. The van der Waals surface area contributed by atoms with Gasteiger partial charge in [-0.15, -0.1) is 0 Å². The molecular weight excluding hydrogens is 379 g/mol. The lowest BCUT2D eigenvalue weighted by Gasteiger charge is -2.44. The Morgan fingerprint density at radius 2 is 1.70 bits per heavy atom. The van der Waals surface area contributed by atoms with E-state index in [0.717, 1.165) is 11.1 Å². The van der Waals surface area contributed by atoms with Crippen LogP contribution in [0.5, 0.6) is 0 Å². The molecule has 0 saturated heterocycles. The van der Waals surface area contributed by atoms with E-state index in [9.17, 15) is 14.0 Å². The normalized spacial score (nSPS) is 18.1. The van der Waals surface area contributed by atoms with Crippen molar-refractivity contribution in [3.8, 4) is 0 Å². The Balaban J connectivity index is 1.66. The Morgan fingerprint density at radius 3 is 2.47 bits per heavy atom. The van der Waals surface area contributed by atoms with Crippen LogP contribution in [0.15, 0.2) is 78.9 Å². The lowest BCUT2D eigenvalue weighted by atomic mass is 9.82. The molecule has 1 atom stereocenters. The predicted molar refractivity (Wildman–Crippen MR) is 113 cm³/mol. The van der Waals surface area contributed by atoms with Crippen molar-refractivity contribution in [2.24, 2.45) is 0 Å². The molecule has 152 valence electrons. The van der Waals surface area contributed by atoms with Crippen LogP contribution in [0.3, 0.4) is 0 Å². The molecule has 4 rings (SSSR count). The standard InChI is InChI=1S/C25H23FN2O2/c1-25(24(30)27-16-18-8-3-2-4-9-18)15-20-11-5-6-13-22(20)23(29)28(25)17-19-10-7-12-21(26)14-19/h2-14H,15-17H2,1H3,(H,27,30)/t25-/m1/s1. The number of amides is 2. The minimum absolute atomic E-state index is 0.153. The van der Waals surface area contributed by atoms with E-state index in [1.807, 2.05) is 48.5 Å². The van der Waals surface area contributed by atoms with Gasteiger partial charge in [0.25, 0.3) is 5.91 Å². The van der Waals surface area contributed by atoms with Crippen LogP contribution in [0, 0.1) is 5.82 Å². The summed E-state index contributed by atoms with van der Waals surface area (Å²) in [5, 5.41) is 2.98. The molecule has 3 aromatic carbocycles. The molecule has 5 heteroatoms. The van der Waals surface area contributed by atoms with Crippen LogP contribution in [0.2, 0.25) is 0 Å². The largest absolute Gasteiger partial charge is 0.350 e. The number of carbonyl (C=O) groups is 2. The minimum atomic E-state index is -1.09. The third-order valence-corrected chi connectivity index (χ3v) is 5.64. The van der Waals surface area contributed by atoms with Gasteiger partial charge < -0.3 is 10.2 Å². The van der Waals surface area contributed by atoms with E-state index >= 15 is 0 Å².